The highest BCUT2D eigenvalue weighted by molar-refractivity contribution is 7.45. The van der Waals surface area contributed by atoms with Crippen LogP contribution in [0.2, 0.25) is 0 Å². The fraction of sp³-hybridized carbons (Fsp3) is 0.905. The van der Waals surface area contributed by atoms with Gasteiger partial charge in [-0.1, -0.05) is 142 Å². The number of quaternary nitrogens is 1. The number of phosphoric acid groups is 1. The van der Waals surface area contributed by atoms with Crippen LogP contribution in [0.15, 0.2) is 12.2 Å². The van der Waals surface area contributed by atoms with Gasteiger partial charge < -0.3 is 38.1 Å². The highest BCUT2D eigenvalue weighted by Gasteiger charge is 2.22. The summed E-state index contributed by atoms with van der Waals surface area (Å²) in [4.78, 5) is 37.5. The molecule has 0 spiro atoms. The number of carbonyl (C=O) groups is 2. The zero-order valence-corrected chi connectivity index (χ0v) is 36.0. The number of aliphatic hydroxyl groups excluding tert-OH is 2. The number of esters is 2. The third kappa shape index (κ3) is 36.3. The van der Waals surface area contributed by atoms with Crippen molar-refractivity contribution in [1.29, 1.82) is 0 Å². The van der Waals surface area contributed by atoms with Crippen LogP contribution in [-0.2, 0) is 32.7 Å². The summed E-state index contributed by atoms with van der Waals surface area (Å²) >= 11 is 0. The SMILES string of the molecule is CCCCC/C=C\C[C@H](O)[C@@H](O)CCCCCCCC(=O)O[C@H](COC(=O)CCCCCCCCCCCCCCC)COP(=O)([O-])OCC[N+](C)(C)C. The summed E-state index contributed by atoms with van der Waals surface area (Å²) < 4.78 is 33.7. The number of rotatable bonds is 39. The first kappa shape index (κ1) is 52.7. The summed E-state index contributed by atoms with van der Waals surface area (Å²) in [5.74, 6) is -0.941. The van der Waals surface area contributed by atoms with Crippen LogP contribution in [0.3, 0.4) is 0 Å². The van der Waals surface area contributed by atoms with E-state index < -0.39 is 44.7 Å². The summed E-state index contributed by atoms with van der Waals surface area (Å²) in [7, 11) is 1.08. The first-order valence-corrected chi connectivity index (χ1v) is 23.0. The summed E-state index contributed by atoms with van der Waals surface area (Å²) in [5, 5.41) is 20.5. The van der Waals surface area contributed by atoms with Crippen LogP contribution in [-0.4, -0.2) is 92.5 Å². The lowest BCUT2D eigenvalue weighted by molar-refractivity contribution is -0.870. The zero-order chi connectivity index (χ0) is 40.3. The molecule has 11 nitrogen and oxygen atoms in total. The normalized spacial score (nSPS) is 14.9. The second-order valence-electron chi connectivity index (χ2n) is 16.0. The Morgan fingerprint density at radius 2 is 1.15 bits per heavy atom. The molecule has 0 bridgehead atoms. The minimum absolute atomic E-state index is 0.0566. The van der Waals surface area contributed by atoms with Gasteiger partial charge in [0.25, 0.3) is 7.82 Å². The number of allylic oxidation sites excluding steroid dienone is 1. The minimum Gasteiger partial charge on any atom is -0.756 e. The second kappa shape index (κ2) is 34.9. The molecule has 2 N–H and O–H groups in total. The highest BCUT2D eigenvalue weighted by atomic mass is 31.2. The van der Waals surface area contributed by atoms with Gasteiger partial charge in [0.15, 0.2) is 6.10 Å². The Bertz CT molecular complexity index is 973. The van der Waals surface area contributed by atoms with Gasteiger partial charge in [0, 0.05) is 12.8 Å². The average Bonchev–Trinajstić information content (AvgIpc) is 3.11. The average molecular weight is 792 g/mol. The Labute approximate surface area is 330 Å². The number of aliphatic hydroxyl groups is 2. The van der Waals surface area contributed by atoms with Crippen molar-refractivity contribution in [3.05, 3.63) is 12.2 Å². The molecule has 54 heavy (non-hydrogen) atoms. The molecule has 0 aliphatic carbocycles. The predicted molar refractivity (Wildman–Crippen MR) is 216 cm³/mol. The third-order valence-corrected chi connectivity index (χ3v) is 10.5. The highest BCUT2D eigenvalue weighted by Crippen LogP contribution is 2.38. The number of hydrogen-bond donors (Lipinski definition) is 2. The lowest BCUT2D eigenvalue weighted by atomic mass is 10.0. The number of ether oxygens (including phenoxy) is 2. The molecule has 0 fully saturated rings. The number of nitrogens with zero attached hydrogens (tertiary/aromatic N) is 1. The van der Waals surface area contributed by atoms with Crippen LogP contribution >= 0.6 is 7.82 Å². The van der Waals surface area contributed by atoms with E-state index in [0.29, 0.717) is 36.7 Å². The van der Waals surface area contributed by atoms with Gasteiger partial charge in [-0.25, -0.2) is 0 Å². The predicted octanol–water partition coefficient (Wildman–Crippen LogP) is 9.11. The van der Waals surface area contributed by atoms with Gasteiger partial charge in [0.2, 0.25) is 0 Å². The molecule has 0 aromatic carbocycles. The molecule has 0 aliphatic heterocycles. The molecule has 0 heterocycles. The molecule has 0 aliphatic rings. The molecule has 0 saturated carbocycles. The van der Waals surface area contributed by atoms with E-state index in [1.807, 2.05) is 27.2 Å². The number of carbonyl (C=O) groups excluding carboxylic acids is 2. The maximum atomic E-state index is 12.7. The summed E-state index contributed by atoms with van der Waals surface area (Å²) in [6, 6.07) is 0. The monoisotopic (exact) mass is 792 g/mol. The molecular formula is C42H82NO10P. The van der Waals surface area contributed by atoms with Crippen molar-refractivity contribution in [3.8, 4) is 0 Å². The molecule has 0 radical (unpaired) electrons. The van der Waals surface area contributed by atoms with Crippen molar-refractivity contribution in [2.45, 2.75) is 199 Å². The van der Waals surface area contributed by atoms with E-state index in [1.165, 1.54) is 70.6 Å². The molecule has 0 aromatic rings. The standard InChI is InChI=1S/C42H82NO10P/c1-6-8-10-12-14-15-16-17-18-19-20-24-28-32-41(46)50-36-38(37-52-54(48,49)51-35-34-43(3,4)5)53-42(47)33-29-25-21-23-27-31-40(45)39(44)30-26-22-13-11-9-7-2/h22,26,38-40,44-45H,6-21,23-25,27-37H2,1-5H3/b26-22-/t38-,39+,40+/m1/s1. The number of unbranched alkanes of at least 4 members (excludes halogenated alkanes) is 19. The fourth-order valence-electron chi connectivity index (χ4n) is 5.91. The maximum Gasteiger partial charge on any atom is 0.306 e. The molecule has 0 rings (SSSR count). The number of phosphoric ester groups is 1. The van der Waals surface area contributed by atoms with Crippen molar-refractivity contribution < 1.29 is 52.3 Å². The van der Waals surface area contributed by atoms with Gasteiger partial charge in [-0.3, -0.25) is 14.2 Å². The van der Waals surface area contributed by atoms with Crippen LogP contribution in [0.5, 0.6) is 0 Å². The van der Waals surface area contributed by atoms with E-state index in [2.05, 4.69) is 19.9 Å². The molecule has 1 unspecified atom stereocenters. The van der Waals surface area contributed by atoms with E-state index in [0.717, 1.165) is 57.8 Å². The molecule has 4 atom stereocenters. The Morgan fingerprint density at radius 1 is 0.648 bits per heavy atom. The van der Waals surface area contributed by atoms with E-state index in [9.17, 15) is 29.3 Å². The molecule has 0 aromatic heterocycles. The molecule has 0 saturated heterocycles. The third-order valence-electron chi connectivity index (χ3n) is 9.49. The van der Waals surface area contributed by atoms with Gasteiger partial charge in [0.05, 0.1) is 40.0 Å². The lowest BCUT2D eigenvalue weighted by Crippen LogP contribution is -2.37. The van der Waals surface area contributed by atoms with Crippen molar-refractivity contribution in [1.82, 2.24) is 0 Å². The summed E-state index contributed by atoms with van der Waals surface area (Å²) in [6.45, 7) is 3.99. The first-order chi connectivity index (χ1) is 25.8. The Hall–Kier alpha value is -1.33. The van der Waals surface area contributed by atoms with E-state index >= 15 is 0 Å². The van der Waals surface area contributed by atoms with Crippen molar-refractivity contribution in [2.75, 3.05) is 47.5 Å². The smallest absolute Gasteiger partial charge is 0.306 e. The van der Waals surface area contributed by atoms with Crippen LogP contribution in [0, 0.1) is 0 Å². The Morgan fingerprint density at radius 3 is 1.70 bits per heavy atom. The molecule has 0 amide bonds. The zero-order valence-electron chi connectivity index (χ0n) is 35.2. The minimum atomic E-state index is -4.66. The van der Waals surface area contributed by atoms with Crippen molar-refractivity contribution >= 4 is 19.8 Å². The summed E-state index contributed by atoms with van der Waals surface area (Å²) in [5.41, 5.74) is 0. The Kier molecular flexibility index (Phi) is 34.0. The van der Waals surface area contributed by atoms with Gasteiger partial charge in [0.1, 0.15) is 19.8 Å². The van der Waals surface area contributed by atoms with E-state index in [1.54, 1.807) is 0 Å². The van der Waals surface area contributed by atoms with Crippen LogP contribution in [0.4, 0.5) is 0 Å². The largest absolute Gasteiger partial charge is 0.756 e. The van der Waals surface area contributed by atoms with Crippen LogP contribution in [0.1, 0.15) is 181 Å². The van der Waals surface area contributed by atoms with E-state index in [-0.39, 0.29) is 26.1 Å². The first-order valence-electron chi connectivity index (χ1n) is 21.6. The number of likely N-dealkylation sites (N-methyl/N-ethyl adjacent to an activating group) is 1. The quantitative estimate of drug-likeness (QED) is 0.0203. The molecule has 12 heteroatoms. The molecular weight excluding hydrogens is 709 g/mol. The fourth-order valence-corrected chi connectivity index (χ4v) is 6.64. The second-order valence-corrected chi connectivity index (χ2v) is 17.4. The van der Waals surface area contributed by atoms with E-state index in [4.69, 9.17) is 18.5 Å². The van der Waals surface area contributed by atoms with Gasteiger partial charge in [-0.15, -0.1) is 0 Å². The van der Waals surface area contributed by atoms with Gasteiger partial charge in [-0.05, 0) is 38.5 Å². The van der Waals surface area contributed by atoms with Crippen molar-refractivity contribution in [2.24, 2.45) is 0 Å². The van der Waals surface area contributed by atoms with Gasteiger partial charge in [-0.2, -0.15) is 0 Å². The Balaban J connectivity index is 4.49. The van der Waals surface area contributed by atoms with Crippen LogP contribution < -0.4 is 4.89 Å². The lowest BCUT2D eigenvalue weighted by Gasteiger charge is -2.28. The van der Waals surface area contributed by atoms with Crippen LogP contribution in [0.25, 0.3) is 0 Å². The van der Waals surface area contributed by atoms with Crippen molar-refractivity contribution in [3.63, 3.8) is 0 Å². The van der Waals surface area contributed by atoms with Gasteiger partial charge >= 0.3 is 11.9 Å². The summed E-state index contributed by atoms with van der Waals surface area (Å²) in [6.07, 6.45) is 26.8. The number of hydrogen-bond acceptors (Lipinski definition) is 10. The maximum absolute atomic E-state index is 12.7. The topological polar surface area (TPSA) is 152 Å². The molecule has 320 valence electrons.